The molecule has 8 heteroatoms. The van der Waals surface area contributed by atoms with Gasteiger partial charge in [-0.1, -0.05) is 36.0 Å². The summed E-state index contributed by atoms with van der Waals surface area (Å²) in [5.74, 6) is -2.74. The molecule has 0 aliphatic carbocycles. The summed E-state index contributed by atoms with van der Waals surface area (Å²) < 4.78 is 26.4. The second-order valence-electron chi connectivity index (χ2n) is 5.81. The number of thioether (sulfide) groups is 1. The molecule has 0 saturated carbocycles. The van der Waals surface area contributed by atoms with Crippen molar-refractivity contribution in [1.82, 2.24) is 4.98 Å². The van der Waals surface area contributed by atoms with Crippen molar-refractivity contribution in [2.75, 3.05) is 18.9 Å². The summed E-state index contributed by atoms with van der Waals surface area (Å²) in [5, 5.41) is 3.69. The van der Waals surface area contributed by atoms with Crippen LogP contribution in [-0.4, -0.2) is 30.2 Å². The Kier molecular flexibility index (Phi) is 6.18. The van der Waals surface area contributed by atoms with Gasteiger partial charge >= 0.3 is 0 Å². The molecule has 0 radical (unpaired) electrons. The normalized spacial score (nSPS) is 12.5. The number of benzene rings is 2. The maximum Gasteiger partial charge on any atom is 0.288 e. The van der Waals surface area contributed by atoms with Crippen molar-refractivity contribution in [2.45, 2.75) is 17.2 Å². The molecular formula is C18H18F2N3OS2+. The smallest absolute Gasteiger partial charge is 0.288 e. The summed E-state index contributed by atoms with van der Waals surface area (Å²) >= 11 is 2.04. The molecular weight excluding hydrogens is 376 g/mol. The Balaban J connectivity index is 1.59. The summed E-state index contributed by atoms with van der Waals surface area (Å²) in [7, 11) is 1.91. The number of aromatic nitrogens is 1. The van der Waals surface area contributed by atoms with E-state index in [-0.39, 0.29) is 12.5 Å². The number of likely N-dealkylation sites (N-methyl/N-ethyl adjacent to an activating group) is 1. The van der Waals surface area contributed by atoms with E-state index < -0.39 is 5.76 Å². The van der Waals surface area contributed by atoms with Gasteiger partial charge in [-0.05, 0) is 24.3 Å². The van der Waals surface area contributed by atoms with Crippen molar-refractivity contribution >= 4 is 44.9 Å². The summed E-state index contributed by atoms with van der Waals surface area (Å²) in [4.78, 5) is 18.2. The number of amides is 1. The quantitative estimate of drug-likeness (QED) is 0.605. The minimum absolute atomic E-state index is 0.217. The van der Waals surface area contributed by atoms with Gasteiger partial charge in [0.1, 0.15) is 11.6 Å². The Hall–Kier alpha value is -2.03. The van der Waals surface area contributed by atoms with Crippen LogP contribution in [0.15, 0.2) is 53.4 Å². The highest BCUT2D eigenvalue weighted by atomic mass is 32.2. The third-order valence-electron chi connectivity index (χ3n) is 3.63. The number of carbonyl (C=O) groups excluding carboxylic acids is 1. The molecule has 0 aliphatic rings. The van der Waals surface area contributed by atoms with Crippen LogP contribution in [0.2, 0.25) is 0 Å². The van der Waals surface area contributed by atoms with Crippen molar-refractivity contribution in [1.29, 1.82) is 0 Å². The number of hydrogen-bond acceptors (Lipinski definition) is 4. The number of quaternary nitrogens is 1. The van der Waals surface area contributed by atoms with Crippen molar-refractivity contribution in [2.24, 2.45) is 0 Å². The van der Waals surface area contributed by atoms with Gasteiger partial charge in [-0.15, -0.1) is 11.3 Å². The van der Waals surface area contributed by atoms with Crippen LogP contribution in [0.3, 0.4) is 0 Å². The van der Waals surface area contributed by atoms with Crippen LogP contribution in [0.25, 0.3) is 10.2 Å². The third kappa shape index (κ3) is 5.00. The van der Waals surface area contributed by atoms with E-state index >= 15 is 0 Å². The monoisotopic (exact) mass is 394 g/mol. The van der Waals surface area contributed by atoms with Crippen LogP contribution in [0.1, 0.15) is 5.01 Å². The van der Waals surface area contributed by atoms with E-state index in [0.717, 1.165) is 20.1 Å². The molecule has 136 valence electrons. The Bertz CT molecular complexity index is 868. The number of nitrogens with zero attached hydrogens (tertiary/aromatic N) is 1. The average Bonchev–Trinajstić information content (AvgIpc) is 2.98. The number of para-hydroxylation sites is 2. The van der Waals surface area contributed by atoms with Gasteiger partial charge in [0.25, 0.3) is 11.7 Å². The van der Waals surface area contributed by atoms with Gasteiger partial charge in [-0.3, -0.25) is 4.79 Å². The lowest BCUT2D eigenvalue weighted by atomic mass is 10.3. The molecule has 2 aromatic carbocycles. The molecule has 0 fully saturated rings. The molecule has 1 aromatic heterocycles. The lowest BCUT2D eigenvalue weighted by molar-refractivity contribution is -0.885. The van der Waals surface area contributed by atoms with Gasteiger partial charge in [-0.2, -0.15) is 8.78 Å². The van der Waals surface area contributed by atoms with Gasteiger partial charge in [0.05, 0.1) is 23.0 Å². The summed E-state index contributed by atoms with van der Waals surface area (Å²) in [5.41, 5.74) is 1.37. The van der Waals surface area contributed by atoms with Crippen LogP contribution in [0, 0.1) is 0 Å². The number of rotatable bonds is 7. The fraction of sp³-hybridized carbons (Fsp3) is 0.222. The highest BCUT2D eigenvalue weighted by molar-refractivity contribution is 7.99. The van der Waals surface area contributed by atoms with E-state index in [0.29, 0.717) is 28.9 Å². The molecule has 1 atom stereocenters. The predicted molar refractivity (Wildman–Crippen MR) is 102 cm³/mol. The minimum atomic E-state index is -2.53. The summed E-state index contributed by atoms with van der Waals surface area (Å²) in [6.07, 6.45) is 0. The lowest BCUT2D eigenvalue weighted by Gasteiger charge is -2.14. The zero-order chi connectivity index (χ0) is 18.5. The Labute approximate surface area is 158 Å². The second kappa shape index (κ2) is 8.57. The van der Waals surface area contributed by atoms with E-state index in [1.165, 1.54) is 0 Å². The minimum Gasteiger partial charge on any atom is -0.324 e. The standard InChI is InChI=1S/C18H17F2N3OS2/c1-23(11-17-22-13-7-3-4-8-14(13)25-17)10-16(24)21-12-6-2-5-9-15(12)26-18(19)20/h2-9,18H,10-11H2,1H3,(H,21,24)/p+1. The predicted octanol–water partition coefficient (Wildman–Crippen LogP) is 3.26. The van der Waals surface area contributed by atoms with Gasteiger partial charge < -0.3 is 10.2 Å². The van der Waals surface area contributed by atoms with E-state index in [9.17, 15) is 13.6 Å². The fourth-order valence-electron chi connectivity index (χ4n) is 2.55. The second-order valence-corrected chi connectivity index (χ2v) is 7.96. The Morgan fingerprint density at radius 1 is 1.23 bits per heavy atom. The molecule has 26 heavy (non-hydrogen) atoms. The first-order chi connectivity index (χ1) is 12.5. The maximum atomic E-state index is 12.6. The number of hydrogen-bond donors (Lipinski definition) is 2. The van der Waals surface area contributed by atoms with Crippen LogP contribution in [-0.2, 0) is 11.3 Å². The molecule has 1 heterocycles. The lowest BCUT2D eigenvalue weighted by Crippen LogP contribution is -3.08. The highest BCUT2D eigenvalue weighted by Gasteiger charge is 2.16. The SMILES string of the molecule is C[NH+](CC(=O)Nc1ccccc1SC(F)F)Cc1nc2ccccc2s1. The van der Waals surface area contributed by atoms with Gasteiger partial charge in [0.15, 0.2) is 6.54 Å². The highest BCUT2D eigenvalue weighted by Crippen LogP contribution is 2.31. The molecule has 1 amide bonds. The number of alkyl halides is 2. The fourth-order valence-corrected chi connectivity index (χ4v) is 4.23. The van der Waals surface area contributed by atoms with Gasteiger partial charge in [0, 0.05) is 4.90 Å². The Morgan fingerprint density at radius 3 is 2.73 bits per heavy atom. The number of carbonyl (C=O) groups is 1. The summed E-state index contributed by atoms with van der Waals surface area (Å²) in [6.45, 7) is 0.851. The third-order valence-corrected chi connectivity index (χ3v) is 5.46. The van der Waals surface area contributed by atoms with E-state index in [4.69, 9.17) is 0 Å². The van der Waals surface area contributed by atoms with Crippen molar-refractivity contribution in [3.63, 3.8) is 0 Å². The molecule has 2 N–H and O–H groups in total. The number of halogens is 2. The molecule has 4 nitrogen and oxygen atoms in total. The summed E-state index contributed by atoms with van der Waals surface area (Å²) in [6, 6.07) is 14.5. The molecule has 0 spiro atoms. The van der Waals surface area contributed by atoms with E-state index in [1.807, 2.05) is 31.3 Å². The van der Waals surface area contributed by atoms with Crippen molar-refractivity contribution < 1.29 is 18.5 Å². The van der Waals surface area contributed by atoms with Crippen LogP contribution < -0.4 is 10.2 Å². The largest absolute Gasteiger partial charge is 0.324 e. The van der Waals surface area contributed by atoms with E-state index in [1.54, 1.807) is 35.6 Å². The topological polar surface area (TPSA) is 46.4 Å². The number of anilines is 1. The molecule has 1 unspecified atom stereocenters. The van der Waals surface area contributed by atoms with E-state index in [2.05, 4.69) is 10.3 Å². The first-order valence-electron chi connectivity index (χ1n) is 8.00. The molecule has 0 bridgehead atoms. The molecule has 0 saturated heterocycles. The molecule has 3 aromatic rings. The van der Waals surface area contributed by atoms with Gasteiger partial charge in [0.2, 0.25) is 0 Å². The van der Waals surface area contributed by atoms with Crippen LogP contribution in [0.4, 0.5) is 14.5 Å². The number of fused-ring (bicyclic) bond motifs is 1. The maximum absolute atomic E-state index is 12.6. The molecule has 3 rings (SSSR count). The van der Waals surface area contributed by atoms with Crippen LogP contribution >= 0.6 is 23.1 Å². The number of nitrogens with one attached hydrogen (secondary N) is 2. The number of thiazole rings is 1. The van der Waals surface area contributed by atoms with Crippen molar-refractivity contribution in [3.8, 4) is 0 Å². The zero-order valence-electron chi connectivity index (χ0n) is 14.0. The first kappa shape index (κ1) is 18.8. The van der Waals surface area contributed by atoms with Gasteiger partial charge in [-0.25, -0.2) is 4.98 Å². The Morgan fingerprint density at radius 2 is 1.96 bits per heavy atom. The average molecular weight is 394 g/mol. The van der Waals surface area contributed by atoms with Crippen LogP contribution in [0.5, 0.6) is 0 Å². The molecule has 0 aliphatic heterocycles. The first-order valence-corrected chi connectivity index (χ1v) is 9.70. The van der Waals surface area contributed by atoms with Crippen molar-refractivity contribution in [3.05, 3.63) is 53.5 Å². The zero-order valence-corrected chi connectivity index (χ0v) is 15.7.